The Morgan fingerprint density at radius 1 is 1.00 bits per heavy atom. The number of nitrogens with zero attached hydrogens (tertiary/aromatic N) is 1. The Hall–Kier alpha value is -3.68. The Bertz CT molecular complexity index is 1170. The van der Waals surface area contributed by atoms with Crippen molar-refractivity contribution in [1.29, 1.82) is 0 Å². The number of benzene rings is 2. The minimum Gasteiger partial charge on any atom is -0.507 e. The summed E-state index contributed by atoms with van der Waals surface area (Å²) in [5.41, 5.74) is 0.993. The second kappa shape index (κ2) is 8.93. The number of ketones is 1. The lowest BCUT2D eigenvalue weighted by molar-refractivity contribution is -0.141. The van der Waals surface area contributed by atoms with E-state index in [4.69, 9.17) is 18.9 Å². The van der Waals surface area contributed by atoms with Crippen LogP contribution in [0.4, 0.5) is 0 Å². The number of para-hydroxylation sites is 1. The van der Waals surface area contributed by atoms with Crippen molar-refractivity contribution in [3.63, 3.8) is 0 Å². The van der Waals surface area contributed by atoms with Crippen LogP contribution in [0.3, 0.4) is 0 Å². The summed E-state index contributed by atoms with van der Waals surface area (Å²) in [6.07, 6.45) is 3.58. The SMILES string of the molecule is COc1cccc(C2/C(=C(\O)c3ccc4c(c3)OCCO4)C(=O)C(=O)N2C2CCCC2)c1OC. The van der Waals surface area contributed by atoms with Gasteiger partial charge in [-0.3, -0.25) is 9.59 Å². The molecule has 8 nitrogen and oxygen atoms in total. The van der Waals surface area contributed by atoms with Gasteiger partial charge >= 0.3 is 0 Å². The van der Waals surface area contributed by atoms with Gasteiger partial charge < -0.3 is 29.0 Å². The molecule has 1 atom stereocenters. The maximum Gasteiger partial charge on any atom is 0.295 e. The normalized spacial score (nSPS) is 21.7. The van der Waals surface area contributed by atoms with E-state index < -0.39 is 17.7 Å². The molecule has 1 saturated heterocycles. The molecule has 34 heavy (non-hydrogen) atoms. The number of Topliss-reactive ketones (excluding diaryl/α,β-unsaturated/α-hetero) is 1. The Morgan fingerprint density at radius 2 is 1.74 bits per heavy atom. The zero-order chi connectivity index (χ0) is 23.8. The molecule has 178 valence electrons. The molecule has 0 aromatic heterocycles. The van der Waals surface area contributed by atoms with E-state index in [-0.39, 0.29) is 17.4 Å². The van der Waals surface area contributed by atoms with Gasteiger partial charge in [0, 0.05) is 17.2 Å². The van der Waals surface area contributed by atoms with Crippen LogP contribution < -0.4 is 18.9 Å². The molecule has 1 N–H and O–H groups in total. The lowest BCUT2D eigenvalue weighted by Gasteiger charge is -2.31. The Kier molecular flexibility index (Phi) is 5.81. The number of methoxy groups -OCH3 is 2. The van der Waals surface area contributed by atoms with E-state index in [9.17, 15) is 14.7 Å². The zero-order valence-electron chi connectivity index (χ0n) is 19.2. The summed E-state index contributed by atoms with van der Waals surface area (Å²) >= 11 is 0. The highest BCUT2D eigenvalue weighted by atomic mass is 16.6. The molecule has 2 aromatic carbocycles. The summed E-state index contributed by atoms with van der Waals surface area (Å²) < 4.78 is 22.3. The summed E-state index contributed by atoms with van der Waals surface area (Å²) in [6, 6.07) is 9.43. The third-order valence-corrected chi connectivity index (χ3v) is 6.74. The summed E-state index contributed by atoms with van der Waals surface area (Å²) in [5.74, 6) is 0.376. The second-order valence-electron chi connectivity index (χ2n) is 8.59. The fourth-order valence-corrected chi connectivity index (χ4v) is 5.19. The number of carbonyl (C=O) groups is 2. The maximum absolute atomic E-state index is 13.4. The average Bonchev–Trinajstić information content (AvgIpc) is 3.49. The molecular formula is C26H27NO7. The van der Waals surface area contributed by atoms with Crippen LogP contribution in [0.25, 0.3) is 5.76 Å². The van der Waals surface area contributed by atoms with Crippen LogP contribution >= 0.6 is 0 Å². The third-order valence-electron chi connectivity index (χ3n) is 6.74. The lowest BCUT2D eigenvalue weighted by atomic mass is 9.93. The van der Waals surface area contributed by atoms with E-state index >= 15 is 0 Å². The molecule has 8 heteroatoms. The number of rotatable bonds is 5. The quantitative estimate of drug-likeness (QED) is 0.407. The van der Waals surface area contributed by atoms with Crippen molar-refractivity contribution in [3.8, 4) is 23.0 Å². The van der Waals surface area contributed by atoms with Crippen LogP contribution in [0.5, 0.6) is 23.0 Å². The number of likely N-dealkylation sites (tertiary alicyclic amines) is 1. The van der Waals surface area contributed by atoms with Gasteiger partial charge in [-0.25, -0.2) is 0 Å². The van der Waals surface area contributed by atoms with Crippen LogP contribution in [0.15, 0.2) is 42.0 Å². The van der Waals surface area contributed by atoms with Crippen molar-refractivity contribution < 1.29 is 33.6 Å². The van der Waals surface area contributed by atoms with Gasteiger partial charge in [0.25, 0.3) is 11.7 Å². The molecular weight excluding hydrogens is 438 g/mol. The average molecular weight is 466 g/mol. The number of hydrogen-bond acceptors (Lipinski definition) is 7. The van der Waals surface area contributed by atoms with E-state index in [0.717, 1.165) is 25.7 Å². The number of aliphatic hydroxyl groups is 1. The second-order valence-corrected chi connectivity index (χ2v) is 8.59. The topological polar surface area (TPSA) is 94.5 Å². The van der Waals surface area contributed by atoms with Gasteiger partial charge in [-0.1, -0.05) is 25.0 Å². The van der Waals surface area contributed by atoms with Crippen LogP contribution in [0, 0.1) is 0 Å². The van der Waals surface area contributed by atoms with Gasteiger partial charge in [-0.2, -0.15) is 0 Å². The van der Waals surface area contributed by atoms with Crippen molar-refractivity contribution >= 4 is 17.4 Å². The first-order chi connectivity index (χ1) is 16.5. The molecule has 3 aliphatic rings. The highest BCUT2D eigenvalue weighted by molar-refractivity contribution is 6.46. The summed E-state index contributed by atoms with van der Waals surface area (Å²) in [5, 5.41) is 11.4. The van der Waals surface area contributed by atoms with Gasteiger partial charge in [0.15, 0.2) is 23.0 Å². The van der Waals surface area contributed by atoms with E-state index in [2.05, 4.69) is 0 Å². The Balaban J connectivity index is 1.70. The molecule has 1 amide bonds. The van der Waals surface area contributed by atoms with Crippen molar-refractivity contribution in [1.82, 2.24) is 4.90 Å². The van der Waals surface area contributed by atoms with Gasteiger partial charge in [0.05, 0.1) is 25.8 Å². The van der Waals surface area contributed by atoms with Gasteiger partial charge in [-0.15, -0.1) is 0 Å². The first-order valence-electron chi connectivity index (χ1n) is 11.5. The summed E-state index contributed by atoms with van der Waals surface area (Å²) in [4.78, 5) is 28.3. The lowest BCUT2D eigenvalue weighted by Crippen LogP contribution is -2.37. The highest BCUT2D eigenvalue weighted by Crippen LogP contribution is 2.48. The summed E-state index contributed by atoms with van der Waals surface area (Å²) in [6.45, 7) is 0.838. The van der Waals surface area contributed by atoms with Crippen LogP contribution in [0.2, 0.25) is 0 Å². The minimum absolute atomic E-state index is 0.0279. The largest absolute Gasteiger partial charge is 0.507 e. The fraction of sp³-hybridized carbons (Fsp3) is 0.385. The number of fused-ring (bicyclic) bond motifs is 1. The zero-order valence-corrected chi connectivity index (χ0v) is 19.2. The number of carbonyl (C=O) groups excluding carboxylic acids is 2. The first-order valence-corrected chi connectivity index (χ1v) is 11.5. The molecule has 2 heterocycles. The molecule has 0 bridgehead atoms. The van der Waals surface area contributed by atoms with Crippen LogP contribution in [0.1, 0.15) is 42.9 Å². The number of amides is 1. The third kappa shape index (κ3) is 3.54. The van der Waals surface area contributed by atoms with Gasteiger partial charge in [0.1, 0.15) is 19.0 Å². The number of ether oxygens (including phenoxy) is 4. The van der Waals surface area contributed by atoms with Crippen molar-refractivity contribution in [2.24, 2.45) is 0 Å². The van der Waals surface area contributed by atoms with Gasteiger partial charge in [-0.05, 0) is 37.1 Å². The van der Waals surface area contributed by atoms with Crippen molar-refractivity contribution in [3.05, 3.63) is 53.1 Å². The minimum atomic E-state index is -0.804. The van der Waals surface area contributed by atoms with E-state index in [0.29, 0.717) is 47.3 Å². The molecule has 1 saturated carbocycles. The van der Waals surface area contributed by atoms with Gasteiger partial charge in [0.2, 0.25) is 0 Å². The Morgan fingerprint density at radius 3 is 2.44 bits per heavy atom. The fourth-order valence-electron chi connectivity index (χ4n) is 5.19. The number of hydrogen-bond donors (Lipinski definition) is 1. The molecule has 2 aromatic rings. The smallest absolute Gasteiger partial charge is 0.295 e. The number of aliphatic hydroxyl groups excluding tert-OH is 1. The predicted octanol–water partition coefficient (Wildman–Crippen LogP) is 3.84. The molecule has 2 fully saturated rings. The molecule has 2 aliphatic heterocycles. The van der Waals surface area contributed by atoms with Crippen LogP contribution in [-0.4, -0.2) is 55.2 Å². The summed E-state index contributed by atoms with van der Waals surface area (Å²) in [7, 11) is 3.05. The van der Waals surface area contributed by atoms with Crippen LogP contribution in [-0.2, 0) is 9.59 Å². The van der Waals surface area contributed by atoms with E-state index in [1.807, 2.05) is 0 Å². The van der Waals surface area contributed by atoms with E-state index in [1.165, 1.54) is 14.2 Å². The molecule has 5 rings (SSSR count). The van der Waals surface area contributed by atoms with E-state index in [1.54, 1.807) is 41.3 Å². The molecule has 0 spiro atoms. The molecule has 1 unspecified atom stereocenters. The molecule has 1 aliphatic carbocycles. The predicted molar refractivity (Wildman–Crippen MR) is 123 cm³/mol. The monoisotopic (exact) mass is 465 g/mol. The maximum atomic E-state index is 13.4. The standard InChI is InChI=1S/C26H27NO7/c1-31-19-9-5-8-17(25(19)32-2)22-21(24(29)26(30)27(22)16-6-3-4-7-16)23(28)15-10-11-18-20(14-15)34-13-12-33-18/h5,8-11,14,16,22,28H,3-4,6-7,12-13H2,1-2H3/b23-21+. The first kappa shape index (κ1) is 22.1. The van der Waals surface area contributed by atoms with Crippen molar-refractivity contribution in [2.45, 2.75) is 37.8 Å². The van der Waals surface area contributed by atoms with Crippen molar-refractivity contribution in [2.75, 3.05) is 27.4 Å². The Labute approximate surface area is 197 Å². The molecule has 0 radical (unpaired) electrons. The highest BCUT2D eigenvalue weighted by Gasteiger charge is 2.50.